The van der Waals surface area contributed by atoms with Crippen LogP contribution in [0.4, 0.5) is 0 Å². The van der Waals surface area contributed by atoms with E-state index in [1.54, 1.807) is 18.2 Å². The average Bonchev–Trinajstić information content (AvgIpc) is 2.24. The molecule has 92 valence electrons. The van der Waals surface area contributed by atoms with Gasteiger partial charge in [0.1, 0.15) is 0 Å². The highest BCUT2D eigenvalue weighted by molar-refractivity contribution is 5.70. The number of rotatable bonds is 4. The number of aromatic hydroxyl groups is 1. The zero-order chi connectivity index (χ0) is 12.5. The highest BCUT2D eigenvalue weighted by Gasteiger charge is 2.42. The number of carboxylic acid groups (broad SMARTS) is 1. The lowest BCUT2D eigenvalue weighted by Gasteiger charge is -2.41. The topological polar surface area (TPSA) is 66.8 Å². The number of carbonyl (C=O) groups is 1. The number of para-hydroxylation sites is 1. The molecule has 0 aromatic heterocycles. The van der Waals surface area contributed by atoms with Gasteiger partial charge in [0.15, 0.2) is 11.5 Å². The Balaban J connectivity index is 2.40. The van der Waals surface area contributed by atoms with Gasteiger partial charge in [-0.3, -0.25) is 4.79 Å². The van der Waals surface area contributed by atoms with Crippen molar-refractivity contribution >= 4 is 5.97 Å². The quantitative estimate of drug-likeness (QED) is 0.841. The summed E-state index contributed by atoms with van der Waals surface area (Å²) in [5.41, 5.74) is 0.287. The van der Waals surface area contributed by atoms with Crippen molar-refractivity contribution in [3.8, 4) is 11.5 Å². The molecular formula is C13H16O4. The predicted molar refractivity (Wildman–Crippen MR) is 62.4 cm³/mol. The van der Waals surface area contributed by atoms with Gasteiger partial charge in [-0.05, 0) is 18.9 Å². The Morgan fingerprint density at radius 1 is 1.47 bits per heavy atom. The first kappa shape index (κ1) is 11.8. The molecule has 17 heavy (non-hydrogen) atoms. The van der Waals surface area contributed by atoms with E-state index in [4.69, 9.17) is 9.84 Å². The van der Waals surface area contributed by atoms with E-state index in [-0.39, 0.29) is 12.2 Å². The minimum Gasteiger partial charge on any atom is -0.504 e. The lowest BCUT2D eigenvalue weighted by Crippen LogP contribution is -2.36. The summed E-state index contributed by atoms with van der Waals surface area (Å²) < 4.78 is 5.06. The first-order valence-electron chi connectivity index (χ1n) is 5.67. The molecule has 2 N–H and O–H groups in total. The molecule has 0 saturated heterocycles. The third kappa shape index (κ3) is 1.95. The number of ether oxygens (including phenoxy) is 1. The summed E-state index contributed by atoms with van der Waals surface area (Å²) in [7, 11) is 1.49. The maximum Gasteiger partial charge on any atom is 0.304 e. The van der Waals surface area contributed by atoms with Gasteiger partial charge in [0, 0.05) is 11.0 Å². The van der Waals surface area contributed by atoms with Crippen molar-refractivity contribution in [2.75, 3.05) is 7.11 Å². The molecule has 1 fully saturated rings. The minimum atomic E-state index is -0.827. The maximum atomic E-state index is 10.9. The van der Waals surface area contributed by atoms with Crippen LogP contribution in [0.3, 0.4) is 0 Å². The number of hydrogen-bond donors (Lipinski definition) is 2. The van der Waals surface area contributed by atoms with Gasteiger partial charge in [-0.2, -0.15) is 0 Å². The van der Waals surface area contributed by atoms with E-state index >= 15 is 0 Å². The molecule has 0 radical (unpaired) electrons. The van der Waals surface area contributed by atoms with E-state index in [0.29, 0.717) is 11.3 Å². The molecule has 0 spiro atoms. The van der Waals surface area contributed by atoms with Crippen molar-refractivity contribution in [1.29, 1.82) is 0 Å². The Morgan fingerprint density at radius 2 is 2.18 bits per heavy atom. The number of methoxy groups -OCH3 is 1. The summed E-state index contributed by atoms with van der Waals surface area (Å²) in [6.45, 7) is 0. The van der Waals surface area contributed by atoms with E-state index in [0.717, 1.165) is 19.3 Å². The molecule has 2 rings (SSSR count). The summed E-state index contributed by atoms with van der Waals surface area (Å²) in [5, 5.41) is 19.1. The van der Waals surface area contributed by atoms with Crippen molar-refractivity contribution in [3.63, 3.8) is 0 Å². The van der Waals surface area contributed by atoms with Crippen LogP contribution < -0.4 is 4.74 Å². The van der Waals surface area contributed by atoms with Gasteiger partial charge in [-0.15, -0.1) is 0 Å². The third-order valence-corrected chi connectivity index (χ3v) is 3.59. The molecule has 1 aliphatic carbocycles. The number of phenols is 1. The highest BCUT2D eigenvalue weighted by atomic mass is 16.5. The molecule has 4 nitrogen and oxygen atoms in total. The summed E-state index contributed by atoms with van der Waals surface area (Å²) in [4.78, 5) is 10.9. The summed E-state index contributed by atoms with van der Waals surface area (Å²) >= 11 is 0. The van der Waals surface area contributed by atoms with Gasteiger partial charge in [-0.1, -0.05) is 18.6 Å². The minimum absolute atomic E-state index is 0.0632. The Bertz CT molecular complexity index is 435. The first-order valence-corrected chi connectivity index (χ1v) is 5.67. The number of benzene rings is 1. The maximum absolute atomic E-state index is 10.9. The summed E-state index contributed by atoms with van der Waals surface area (Å²) in [5.74, 6) is -0.345. The number of phenolic OH excluding ortho intramolecular Hbond substituents is 1. The van der Waals surface area contributed by atoms with E-state index in [1.807, 2.05) is 0 Å². The zero-order valence-corrected chi connectivity index (χ0v) is 9.77. The van der Waals surface area contributed by atoms with Crippen LogP contribution in [-0.4, -0.2) is 23.3 Å². The highest BCUT2D eigenvalue weighted by Crippen LogP contribution is 2.51. The standard InChI is InChI=1S/C13H16O4/c1-17-10-5-2-4-9(12(10)16)13(6-3-7-13)8-11(14)15/h2,4-5,16H,3,6-8H2,1H3,(H,14,15). The van der Waals surface area contributed by atoms with Crippen molar-refractivity contribution in [2.45, 2.75) is 31.1 Å². The molecule has 0 bridgehead atoms. The monoisotopic (exact) mass is 236 g/mol. The van der Waals surface area contributed by atoms with Crippen LogP contribution in [0.15, 0.2) is 18.2 Å². The second kappa shape index (κ2) is 4.28. The fraction of sp³-hybridized carbons (Fsp3) is 0.462. The molecule has 0 heterocycles. The lowest BCUT2D eigenvalue weighted by molar-refractivity contribution is -0.139. The van der Waals surface area contributed by atoms with Crippen LogP contribution in [0.1, 0.15) is 31.2 Å². The van der Waals surface area contributed by atoms with E-state index < -0.39 is 11.4 Å². The van der Waals surface area contributed by atoms with Gasteiger partial charge in [0.2, 0.25) is 0 Å². The van der Waals surface area contributed by atoms with Crippen LogP contribution in [0.5, 0.6) is 11.5 Å². The summed E-state index contributed by atoms with van der Waals surface area (Å²) in [6.07, 6.45) is 2.68. The van der Waals surface area contributed by atoms with Crippen LogP contribution in [0, 0.1) is 0 Å². The Morgan fingerprint density at radius 3 is 2.65 bits per heavy atom. The van der Waals surface area contributed by atoms with Crippen molar-refractivity contribution < 1.29 is 19.7 Å². The van der Waals surface area contributed by atoms with Gasteiger partial charge in [0.05, 0.1) is 13.5 Å². The third-order valence-electron chi connectivity index (χ3n) is 3.59. The molecule has 1 aliphatic rings. The molecular weight excluding hydrogens is 220 g/mol. The van der Waals surface area contributed by atoms with E-state index in [2.05, 4.69) is 0 Å². The molecule has 0 unspecified atom stereocenters. The largest absolute Gasteiger partial charge is 0.504 e. The molecule has 0 atom stereocenters. The van der Waals surface area contributed by atoms with Crippen LogP contribution in [0.2, 0.25) is 0 Å². The van der Waals surface area contributed by atoms with E-state index in [1.165, 1.54) is 7.11 Å². The second-order valence-corrected chi connectivity index (χ2v) is 4.56. The van der Waals surface area contributed by atoms with Crippen LogP contribution >= 0.6 is 0 Å². The fourth-order valence-electron chi connectivity index (χ4n) is 2.55. The van der Waals surface area contributed by atoms with Gasteiger partial charge in [-0.25, -0.2) is 0 Å². The molecule has 1 aromatic rings. The number of carboxylic acids is 1. The predicted octanol–water partition coefficient (Wildman–Crippen LogP) is 2.30. The van der Waals surface area contributed by atoms with Crippen molar-refractivity contribution in [3.05, 3.63) is 23.8 Å². The molecule has 0 amide bonds. The fourth-order valence-corrected chi connectivity index (χ4v) is 2.55. The van der Waals surface area contributed by atoms with Crippen LogP contribution in [-0.2, 0) is 10.2 Å². The average molecular weight is 236 g/mol. The van der Waals surface area contributed by atoms with Crippen molar-refractivity contribution in [1.82, 2.24) is 0 Å². The van der Waals surface area contributed by atoms with Gasteiger partial charge in [0.25, 0.3) is 0 Å². The number of hydrogen-bond acceptors (Lipinski definition) is 3. The lowest BCUT2D eigenvalue weighted by atomic mass is 9.62. The Kier molecular flexibility index (Phi) is 2.96. The van der Waals surface area contributed by atoms with Gasteiger partial charge < -0.3 is 14.9 Å². The molecule has 4 heteroatoms. The van der Waals surface area contributed by atoms with Crippen LogP contribution in [0.25, 0.3) is 0 Å². The molecule has 1 saturated carbocycles. The number of aliphatic carboxylic acids is 1. The zero-order valence-electron chi connectivity index (χ0n) is 9.77. The smallest absolute Gasteiger partial charge is 0.304 e. The Hall–Kier alpha value is -1.71. The Labute approximate surface area is 99.8 Å². The summed E-state index contributed by atoms with van der Waals surface area (Å²) in [6, 6.07) is 5.25. The first-order chi connectivity index (χ1) is 8.09. The normalized spacial score (nSPS) is 17.2. The molecule has 0 aliphatic heterocycles. The SMILES string of the molecule is COc1cccc(C2(CC(=O)O)CCC2)c1O. The van der Waals surface area contributed by atoms with Gasteiger partial charge >= 0.3 is 5.97 Å². The van der Waals surface area contributed by atoms with Crippen molar-refractivity contribution in [2.24, 2.45) is 0 Å². The van der Waals surface area contributed by atoms with E-state index in [9.17, 15) is 9.90 Å². The molecule has 1 aromatic carbocycles. The second-order valence-electron chi connectivity index (χ2n) is 4.56.